The summed E-state index contributed by atoms with van der Waals surface area (Å²) in [6.45, 7) is 0.418. The first-order valence-electron chi connectivity index (χ1n) is 6.00. The van der Waals surface area contributed by atoms with E-state index in [0.717, 1.165) is 28.3 Å². The van der Waals surface area contributed by atoms with Gasteiger partial charge in [-0.05, 0) is 36.4 Å². The molecule has 3 aromatic rings. The molecule has 0 unspecified atom stereocenters. The van der Waals surface area contributed by atoms with Gasteiger partial charge in [-0.25, -0.2) is 9.50 Å². The molecule has 5 heteroatoms. The summed E-state index contributed by atoms with van der Waals surface area (Å²) in [7, 11) is 1.65. The van der Waals surface area contributed by atoms with Crippen LogP contribution in [-0.2, 0) is 6.54 Å². The zero-order chi connectivity index (χ0) is 13.2. The van der Waals surface area contributed by atoms with E-state index in [-0.39, 0.29) is 0 Å². The van der Waals surface area contributed by atoms with Crippen molar-refractivity contribution >= 4 is 5.65 Å². The smallest absolute Gasteiger partial charge is 0.153 e. The zero-order valence-electron chi connectivity index (χ0n) is 10.6. The number of hydrogen-bond donors (Lipinski definition) is 1. The van der Waals surface area contributed by atoms with Gasteiger partial charge in [-0.2, -0.15) is 5.10 Å². The molecular weight excluding hydrogens is 240 g/mol. The van der Waals surface area contributed by atoms with E-state index in [2.05, 4.69) is 10.1 Å². The van der Waals surface area contributed by atoms with Gasteiger partial charge >= 0.3 is 0 Å². The normalized spacial score (nSPS) is 10.8. The highest BCUT2D eigenvalue weighted by molar-refractivity contribution is 5.61. The van der Waals surface area contributed by atoms with Crippen molar-refractivity contribution in [3.63, 3.8) is 0 Å². The standard InChI is InChI=1S/C14H14N4O/c1-19-12-4-2-10(3-5-12)13-6-7-14-16-11(8-15)9-18(14)17-13/h2-7,9H,8,15H2,1H3. The molecule has 0 saturated heterocycles. The molecule has 0 radical (unpaired) electrons. The predicted octanol–water partition coefficient (Wildman–Crippen LogP) is 1.86. The van der Waals surface area contributed by atoms with E-state index in [9.17, 15) is 0 Å². The van der Waals surface area contributed by atoms with E-state index in [0.29, 0.717) is 6.54 Å². The van der Waals surface area contributed by atoms with Gasteiger partial charge in [-0.1, -0.05) is 0 Å². The minimum atomic E-state index is 0.418. The highest BCUT2D eigenvalue weighted by atomic mass is 16.5. The molecule has 0 atom stereocenters. The number of nitrogens with two attached hydrogens (primary N) is 1. The summed E-state index contributed by atoms with van der Waals surface area (Å²) >= 11 is 0. The highest BCUT2D eigenvalue weighted by Gasteiger charge is 2.04. The van der Waals surface area contributed by atoms with Gasteiger partial charge in [0.15, 0.2) is 5.65 Å². The number of methoxy groups -OCH3 is 1. The van der Waals surface area contributed by atoms with Crippen LogP contribution in [0, 0.1) is 0 Å². The molecule has 1 aromatic carbocycles. The Hall–Kier alpha value is -2.40. The minimum absolute atomic E-state index is 0.418. The molecule has 0 spiro atoms. The van der Waals surface area contributed by atoms with Crippen LogP contribution in [0.2, 0.25) is 0 Å². The molecule has 0 aliphatic heterocycles. The number of aromatic nitrogens is 3. The van der Waals surface area contributed by atoms with Gasteiger partial charge in [0.05, 0.1) is 24.7 Å². The number of fused-ring (bicyclic) bond motifs is 1. The summed E-state index contributed by atoms with van der Waals surface area (Å²) in [5.74, 6) is 0.831. The Bertz CT molecular complexity index is 703. The molecule has 0 aliphatic carbocycles. The van der Waals surface area contributed by atoms with Crippen molar-refractivity contribution in [3.05, 3.63) is 48.3 Å². The Morgan fingerprint density at radius 2 is 1.95 bits per heavy atom. The van der Waals surface area contributed by atoms with E-state index in [4.69, 9.17) is 10.5 Å². The maximum atomic E-state index is 5.58. The number of rotatable bonds is 3. The van der Waals surface area contributed by atoms with Crippen LogP contribution in [-0.4, -0.2) is 21.7 Å². The lowest BCUT2D eigenvalue weighted by molar-refractivity contribution is 0.415. The lowest BCUT2D eigenvalue weighted by Crippen LogP contribution is -1.95. The summed E-state index contributed by atoms with van der Waals surface area (Å²) < 4.78 is 6.90. The lowest BCUT2D eigenvalue weighted by Gasteiger charge is -2.03. The van der Waals surface area contributed by atoms with Crippen LogP contribution in [0.15, 0.2) is 42.6 Å². The van der Waals surface area contributed by atoms with Gasteiger partial charge < -0.3 is 10.5 Å². The van der Waals surface area contributed by atoms with Crippen molar-refractivity contribution in [2.24, 2.45) is 5.73 Å². The Morgan fingerprint density at radius 1 is 1.16 bits per heavy atom. The van der Waals surface area contributed by atoms with Gasteiger partial charge in [0.1, 0.15) is 5.75 Å². The summed E-state index contributed by atoms with van der Waals surface area (Å²) in [6.07, 6.45) is 1.85. The van der Waals surface area contributed by atoms with E-state index < -0.39 is 0 Å². The quantitative estimate of drug-likeness (QED) is 0.774. The Kier molecular flexibility index (Phi) is 2.89. The van der Waals surface area contributed by atoms with Crippen molar-refractivity contribution in [1.29, 1.82) is 0 Å². The van der Waals surface area contributed by atoms with Crippen molar-refractivity contribution in [2.75, 3.05) is 7.11 Å². The number of benzene rings is 1. The second kappa shape index (κ2) is 4.70. The molecule has 96 valence electrons. The second-order valence-electron chi connectivity index (χ2n) is 4.19. The average molecular weight is 254 g/mol. The Balaban J connectivity index is 2.03. The predicted molar refractivity (Wildman–Crippen MR) is 72.9 cm³/mol. The van der Waals surface area contributed by atoms with Crippen molar-refractivity contribution in [1.82, 2.24) is 14.6 Å². The fraction of sp³-hybridized carbons (Fsp3) is 0.143. The van der Waals surface area contributed by atoms with Crippen LogP contribution in [0.4, 0.5) is 0 Å². The molecular formula is C14H14N4O. The first-order valence-corrected chi connectivity index (χ1v) is 6.00. The molecule has 19 heavy (non-hydrogen) atoms. The summed E-state index contributed by atoms with van der Waals surface area (Å²) in [5, 5.41) is 4.53. The molecule has 0 aliphatic rings. The maximum absolute atomic E-state index is 5.58. The van der Waals surface area contributed by atoms with Gasteiger partial charge in [0.2, 0.25) is 0 Å². The highest BCUT2D eigenvalue weighted by Crippen LogP contribution is 2.20. The number of nitrogens with zero attached hydrogens (tertiary/aromatic N) is 3. The molecule has 0 saturated carbocycles. The van der Waals surface area contributed by atoms with Gasteiger partial charge in [-0.15, -0.1) is 0 Å². The van der Waals surface area contributed by atoms with E-state index in [1.165, 1.54) is 0 Å². The monoisotopic (exact) mass is 254 g/mol. The van der Waals surface area contributed by atoms with Crippen molar-refractivity contribution in [2.45, 2.75) is 6.54 Å². The zero-order valence-corrected chi connectivity index (χ0v) is 10.6. The minimum Gasteiger partial charge on any atom is -0.497 e. The number of ether oxygens (including phenoxy) is 1. The molecule has 0 amide bonds. The van der Waals surface area contributed by atoms with Gasteiger partial charge in [-0.3, -0.25) is 0 Å². The van der Waals surface area contributed by atoms with Crippen molar-refractivity contribution < 1.29 is 4.74 Å². The molecule has 2 aromatic heterocycles. The molecule has 2 N–H and O–H groups in total. The van der Waals surface area contributed by atoms with Crippen LogP contribution in [0.1, 0.15) is 5.69 Å². The fourth-order valence-corrected chi connectivity index (χ4v) is 1.95. The fourth-order valence-electron chi connectivity index (χ4n) is 1.95. The molecule has 2 heterocycles. The number of imidazole rings is 1. The van der Waals surface area contributed by atoms with Crippen LogP contribution in [0.5, 0.6) is 5.75 Å². The third-order valence-corrected chi connectivity index (χ3v) is 2.96. The Morgan fingerprint density at radius 3 is 2.63 bits per heavy atom. The topological polar surface area (TPSA) is 65.4 Å². The van der Waals surface area contributed by atoms with E-state index >= 15 is 0 Å². The maximum Gasteiger partial charge on any atom is 0.153 e. The van der Waals surface area contributed by atoms with Crippen molar-refractivity contribution in [3.8, 4) is 17.0 Å². The largest absolute Gasteiger partial charge is 0.497 e. The van der Waals surface area contributed by atoms with Crippen LogP contribution in [0.3, 0.4) is 0 Å². The summed E-state index contributed by atoms with van der Waals surface area (Å²) in [6, 6.07) is 11.7. The third-order valence-electron chi connectivity index (χ3n) is 2.96. The van der Waals surface area contributed by atoms with Crippen LogP contribution >= 0.6 is 0 Å². The number of hydrogen-bond acceptors (Lipinski definition) is 4. The Labute approximate surface area is 110 Å². The molecule has 0 fully saturated rings. The van der Waals surface area contributed by atoms with E-state index in [1.807, 2.05) is 42.6 Å². The van der Waals surface area contributed by atoms with Gasteiger partial charge in [0.25, 0.3) is 0 Å². The molecule has 0 bridgehead atoms. The average Bonchev–Trinajstić information content (AvgIpc) is 2.89. The molecule has 5 nitrogen and oxygen atoms in total. The van der Waals surface area contributed by atoms with Gasteiger partial charge in [0, 0.05) is 12.1 Å². The first kappa shape index (κ1) is 11.7. The first-order chi connectivity index (χ1) is 9.30. The second-order valence-corrected chi connectivity index (χ2v) is 4.19. The SMILES string of the molecule is COc1ccc(-c2ccc3nc(CN)cn3n2)cc1. The summed E-state index contributed by atoms with van der Waals surface area (Å²) in [5.41, 5.74) is 9.13. The summed E-state index contributed by atoms with van der Waals surface area (Å²) in [4.78, 5) is 4.35. The van der Waals surface area contributed by atoms with Crippen LogP contribution < -0.4 is 10.5 Å². The lowest BCUT2D eigenvalue weighted by atomic mass is 10.1. The third kappa shape index (κ3) is 2.15. The van der Waals surface area contributed by atoms with Crippen LogP contribution in [0.25, 0.3) is 16.9 Å². The van der Waals surface area contributed by atoms with E-state index in [1.54, 1.807) is 11.6 Å². The molecule has 3 rings (SSSR count).